The molecule has 0 radical (unpaired) electrons. The number of aryl methyl sites for hydroxylation is 2. The summed E-state index contributed by atoms with van der Waals surface area (Å²) in [6.45, 7) is 4.16. The summed E-state index contributed by atoms with van der Waals surface area (Å²) < 4.78 is 5.15. The average Bonchev–Trinajstić information content (AvgIpc) is 2.94. The van der Waals surface area contributed by atoms with Gasteiger partial charge < -0.3 is 9.84 Å². The normalized spacial score (nSPS) is 18.7. The van der Waals surface area contributed by atoms with Crippen molar-refractivity contribution >= 4 is 11.7 Å². The number of amides is 2. The Hall–Kier alpha value is -2.37. The molecule has 6 heteroatoms. The molecular formula is C13H14N4O2. The number of anilines is 1. The van der Waals surface area contributed by atoms with Gasteiger partial charge in [-0.15, -0.1) is 0 Å². The molecule has 1 aliphatic heterocycles. The van der Waals surface area contributed by atoms with Gasteiger partial charge in [0.2, 0.25) is 0 Å². The van der Waals surface area contributed by atoms with Crippen molar-refractivity contribution in [2.45, 2.75) is 19.9 Å². The lowest BCUT2D eigenvalue weighted by atomic mass is 10.1. The van der Waals surface area contributed by atoms with Gasteiger partial charge in [-0.25, -0.2) is 4.79 Å². The van der Waals surface area contributed by atoms with E-state index in [4.69, 9.17) is 4.52 Å². The van der Waals surface area contributed by atoms with Gasteiger partial charge in [0.15, 0.2) is 5.76 Å². The number of hydrogen-bond acceptors (Lipinski definition) is 4. The number of carbonyl (C=O) groups excluding carboxylic acids is 1. The molecule has 6 nitrogen and oxygen atoms in total. The molecule has 1 fully saturated rings. The van der Waals surface area contributed by atoms with Gasteiger partial charge in [0, 0.05) is 12.7 Å². The minimum Gasteiger partial charge on any atom is -0.359 e. The Balaban J connectivity index is 2.05. The predicted octanol–water partition coefficient (Wildman–Crippen LogP) is 1.96. The zero-order valence-corrected chi connectivity index (χ0v) is 10.8. The first kappa shape index (κ1) is 11.7. The molecule has 0 saturated carbocycles. The third-order valence-electron chi connectivity index (χ3n) is 3.24. The van der Waals surface area contributed by atoms with E-state index in [-0.39, 0.29) is 12.1 Å². The van der Waals surface area contributed by atoms with Gasteiger partial charge in [-0.3, -0.25) is 9.88 Å². The fraction of sp³-hybridized carbons (Fsp3) is 0.308. The highest BCUT2D eigenvalue weighted by Gasteiger charge is 2.37. The van der Waals surface area contributed by atoms with E-state index in [0.29, 0.717) is 18.0 Å². The smallest absolute Gasteiger partial charge is 0.322 e. The standard InChI is InChI=1S/C13H14N4O2/c1-8-12(9(2)19-16-8)17-11(7-15-13(17)18)10-5-3-4-6-14-10/h3-6,11H,7H2,1-2H3,(H,15,18). The molecule has 0 aromatic carbocycles. The fourth-order valence-corrected chi connectivity index (χ4v) is 2.39. The topological polar surface area (TPSA) is 71.3 Å². The number of nitrogens with zero attached hydrogens (tertiary/aromatic N) is 3. The molecule has 0 bridgehead atoms. The van der Waals surface area contributed by atoms with Crippen LogP contribution in [-0.4, -0.2) is 22.7 Å². The van der Waals surface area contributed by atoms with E-state index in [1.807, 2.05) is 25.1 Å². The van der Waals surface area contributed by atoms with Crippen LogP contribution in [0, 0.1) is 13.8 Å². The van der Waals surface area contributed by atoms with Crippen molar-refractivity contribution in [1.29, 1.82) is 0 Å². The predicted molar refractivity (Wildman–Crippen MR) is 68.8 cm³/mol. The first-order chi connectivity index (χ1) is 9.18. The molecule has 1 unspecified atom stereocenters. The summed E-state index contributed by atoms with van der Waals surface area (Å²) in [4.78, 5) is 18.1. The molecule has 3 heterocycles. The number of urea groups is 1. The Kier molecular flexibility index (Phi) is 2.70. The van der Waals surface area contributed by atoms with Crippen LogP contribution in [0.1, 0.15) is 23.2 Å². The zero-order valence-electron chi connectivity index (χ0n) is 10.8. The maximum Gasteiger partial charge on any atom is 0.322 e. The number of nitrogens with one attached hydrogen (secondary N) is 1. The molecule has 1 aliphatic rings. The van der Waals surface area contributed by atoms with E-state index < -0.39 is 0 Å². The Morgan fingerprint density at radius 1 is 1.42 bits per heavy atom. The van der Waals surface area contributed by atoms with Gasteiger partial charge in [0.25, 0.3) is 0 Å². The molecule has 1 atom stereocenters. The molecule has 2 aromatic heterocycles. The van der Waals surface area contributed by atoms with Crippen LogP contribution >= 0.6 is 0 Å². The molecule has 1 saturated heterocycles. The van der Waals surface area contributed by atoms with Crippen LogP contribution < -0.4 is 10.2 Å². The zero-order chi connectivity index (χ0) is 13.4. The monoisotopic (exact) mass is 258 g/mol. The van der Waals surface area contributed by atoms with Crippen LogP contribution in [0.5, 0.6) is 0 Å². The van der Waals surface area contributed by atoms with Crippen molar-refractivity contribution in [1.82, 2.24) is 15.5 Å². The average molecular weight is 258 g/mol. The second-order valence-electron chi connectivity index (χ2n) is 4.50. The Morgan fingerprint density at radius 2 is 2.26 bits per heavy atom. The highest BCUT2D eigenvalue weighted by Crippen LogP contribution is 2.33. The van der Waals surface area contributed by atoms with E-state index >= 15 is 0 Å². The van der Waals surface area contributed by atoms with Crippen molar-refractivity contribution in [3.8, 4) is 0 Å². The summed E-state index contributed by atoms with van der Waals surface area (Å²) in [7, 11) is 0. The van der Waals surface area contributed by atoms with Crippen LogP contribution in [0.4, 0.5) is 10.5 Å². The first-order valence-electron chi connectivity index (χ1n) is 6.09. The quantitative estimate of drug-likeness (QED) is 0.893. The van der Waals surface area contributed by atoms with E-state index in [1.54, 1.807) is 18.0 Å². The highest BCUT2D eigenvalue weighted by molar-refractivity contribution is 5.96. The van der Waals surface area contributed by atoms with Crippen molar-refractivity contribution in [3.63, 3.8) is 0 Å². The lowest BCUT2D eigenvalue weighted by Gasteiger charge is -2.22. The minimum atomic E-state index is -0.148. The number of rotatable bonds is 2. The summed E-state index contributed by atoms with van der Waals surface area (Å²) in [5.41, 5.74) is 2.28. The minimum absolute atomic E-state index is 0.134. The highest BCUT2D eigenvalue weighted by atomic mass is 16.5. The van der Waals surface area contributed by atoms with Crippen molar-refractivity contribution in [2.24, 2.45) is 0 Å². The van der Waals surface area contributed by atoms with Gasteiger partial charge in [-0.2, -0.15) is 0 Å². The van der Waals surface area contributed by atoms with E-state index in [9.17, 15) is 4.79 Å². The van der Waals surface area contributed by atoms with E-state index in [0.717, 1.165) is 11.4 Å². The molecule has 1 N–H and O–H groups in total. The third-order valence-corrected chi connectivity index (χ3v) is 3.24. The Morgan fingerprint density at radius 3 is 2.89 bits per heavy atom. The molecule has 98 valence electrons. The number of carbonyl (C=O) groups is 1. The second-order valence-corrected chi connectivity index (χ2v) is 4.50. The van der Waals surface area contributed by atoms with Crippen molar-refractivity contribution < 1.29 is 9.32 Å². The van der Waals surface area contributed by atoms with Crippen LogP contribution in [0.15, 0.2) is 28.9 Å². The van der Waals surface area contributed by atoms with Crippen LogP contribution in [-0.2, 0) is 0 Å². The Bertz CT molecular complexity index is 589. The van der Waals surface area contributed by atoms with Gasteiger partial charge in [-0.05, 0) is 26.0 Å². The van der Waals surface area contributed by atoms with Crippen molar-refractivity contribution in [2.75, 3.05) is 11.4 Å². The van der Waals surface area contributed by atoms with Gasteiger partial charge >= 0.3 is 6.03 Å². The first-order valence-corrected chi connectivity index (χ1v) is 6.09. The number of hydrogen-bond donors (Lipinski definition) is 1. The van der Waals surface area contributed by atoms with Gasteiger partial charge in [0.1, 0.15) is 11.4 Å². The third kappa shape index (κ3) is 1.85. The van der Waals surface area contributed by atoms with Gasteiger partial charge in [0.05, 0.1) is 11.7 Å². The van der Waals surface area contributed by atoms with Gasteiger partial charge in [-0.1, -0.05) is 11.2 Å². The molecule has 2 aromatic rings. The van der Waals surface area contributed by atoms with Crippen LogP contribution in [0.25, 0.3) is 0 Å². The number of aromatic nitrogens is 2. The summed E-state index contributed by atoms with van der Waals surface area (Å²) in [6, 6.07) is 5.40. The van der Waals surface area contributed by atoms with Crippen LogP contribution in [0.3, 0.4) is 0 Å². The fourth-order valence-electron chi connectivity index (χ4n) is 2.39. The molecule has 3 rings (SSSR count). The lowest BCUT2D eigenvalue weighted by molar-refractivity contribution is 0.251. The summed E-state index contributed by atoms with van der Waals surface area (Å²) >= 11 is 0. The molecule has 0 aliphatic carbocycles. The van der Waals surface area contributed by atoms with Crippen LogP contribution in [0.2, 0.25) is 0 Å². The van der Waals surface area contributed by atoms with E-state index in [1.165, 1.54) is 0 Å². The SMILES string of the molecule is Cc1noc(C)c1N1C(=O)NCC1c1ccccn1. The number of pyridine rings is 1. The molecule has 0 spiro atoms. The van der Waals surface area contributed by atoms with E-state index in [2.05, 4.69) is 15.5 Å². The maximum atomic E-state index is 12.1. The maximum absolute atomic E-state index is 12.1. The molecular weight excluding hydrogens is 244 g/mol. The second kappa shape index (κ2) is 4.38. The molecule has 19 heavy (non-hydrogen) atoms. The Labute approximate surface area is 110 Å². The largest absolute Gasteiger partial charge is 0.359 e. The summed E-state index contributed by atoms with van der Waals surface area (Å²) in [6.07, 6.45) is 1.73. The lowest BCUT2D eigenvalue weighted by Crippen LogP contribution is -2.30. The summed E-state index contributed by atoms with van der Waals surface area (Å²) in [5.74, 6) is 0.635. The molecule has 2 amide bonds. The van der Waals surface area contributed by atoms with Crippen molar-refractivity contribution in [3.05, 3.63) is 41.5 Å². The summed E-state index contributed by atoms with van der Waals surface area (Å²) in [5, 5.41) is 6.74.